The van der Waals surface area contributed by atoms with Gasteiger partial charge in [-0.3, -0.25) is 14.8 Å². The van der Waals surface area contributed by atoms with Crippen LogP contribution < -0.4 is 0 Å². The second kappa shape index (κ2) is 7.07. The van der Waals surface area contributed by atoms with Crippen LogP contribution in [0, 0.1) is 0 Å². The van der Waals surface area contributed by atoms with Crippen molar-refractivity contribution in [1.29, 1.82) is 0 Å². The first-order chi connectivity index (χ1) is 12.8. The van der Waals surface area contributed by atoms with E-state index in [-0.39, 0.29) is 0 Å². The molecule has 4 heteroatoms. The van der Waals surface area contributed by atoms with Gasteiger partial charge in [0.1, 0.15) is 6.29 Å². The highest BCUT2D eigenvalue weighted by atomic mass is 16.1. The normalized spacial score (nSPS) is 10.5. The van der Waals surface area contributed by atoms with E-state index < -0.39 is 0 Å². The van der Waals surface area contributed by atoms with E-state index >= 15 is 0 Å². The second-order valence-corrected chi connectivity index (χ2v) is 5.79. The third kappa shape index (κ3) is 3.26. The summed E-state index contributed by atoms with van der Waals surface area (Å²) in [5.74, 6) is 0. The molecule has 0 amide bonds. The fourth-order valence-corrected chi connectivity index (χ4v) is 2.74. The summed E-state index contributed by atoms with van der Waals surface area (Å²) < 4.78 is 0. The summed E-state index contributed by atoms with van der Waals surface area (Å²) in [4.78, 5) is 24.3. The number of carbonyl (C=O) groups is 1. The number of rotatable bonds is 4. The highest BCUT2D eigenvalue weighted by Gasteiger charge is 2.07. The molecule has 0 unspecified atom stereocenters. The van der Waals surface area contributed by atoms with Crippen LogP contribution in [0.5, 0.6) is 0 Å². The maximum atomic E-state index is 10.8. The van der Waals surface area contributed by atoms with Gasteiger partial charge in [-0.05, 0) is 47.5 Å². The highest BCUT2D eigenvalue weighted by Crippen LogP contribution is 2.25. The minimum Gasteiger partial charge on any atom is -0.298 e. The smallest absolute Gasteiger partial charge is 0.150 e. The lowest BCUT2D eigenvalue weighted by atomic mass is 10.0. The maximum absolute atomic E-state index is 10.8. The number of benzene rings is 1. The van der Waals surface area contributed by atoms with Crippen LogP contribution in [0.4, 0.5) is 0 Å². The zero-order valence-corrected chi connectivity index (χ0v) is 13.9. The largest absolute Gasteiger partial charge is 0.298 e. The Bertz CT molecular complexity index is 1040. The van der Waals surface area contributed by atoms with Gasteiger partial charge in [-0.1, -0.05) is 36.4 Å². The summed E-state index contributed by atoms with van der Waals surface area (Å²) in [6, 6.07) is 23.0. The summed E-state index contributed by atoms with van der Waals surface area (Å²) in [7, 11) is 0. The third-order valence-corrected chi connectivity index (χ3v) is 4.08. The summed E-state index contributed by atoms with van der Waals surface area (Å²) >= 11 is 0. The highest BCUT2D eigenvalue weighted by molar-refractivity contribution is 5.77. The summed E-state index contributed by atoms with van der Waals surface area (Å²) in [6.07, 6.45) is 4.37. The molecule has 0 atom stereocenters. The Labute approximate surface area is 151 Å². The molecule has 0 radical (unpaired) electrons. The van der Waals surface area contributed by atoms with Gasteiger partial charge < -0.3 is 0 Å². The van der Waals surface area contributed by atoms with Crippen LogP contribution in [-0.4, -0.2) is 21.2 Å². The van der Waals surface area contributed by atoms with E-state index in [0.29, 0.717) is 5.56 Å². The molecule has 0 fully saturated rings. The molecule has 1 aromatic carbocycles. The summed E-state index contributed by atoms with van der Waals surface area (Å²) in [5, 5.41) is 0. The van der Waals surface area contributed by atoms with Gasteiger partial charge in [-0.25, -0.2) is 4.98 Å². The van der Waals surface area contributed by atoms with Gasteiger partial charge in [0.05, 0.1) is 22.8 Å². The Morgan fingerprint density at radius 3 is 2.08 bits per heavy atom. The van der Waals surface area contributed by atoms with E-state index in [2.05, 4.69) is 9.97 Å². The van der Waals surface area contributed by atoms with E-state index in [1.54, 1.807) is 12.4 Å². The lowest BCUT2D eigenvalue weighted by Crippen LogP contribution is -1.92. The average Bonchev–Trinajstić information content (AvgIpc) is 2.75. The van der Waals surface area contributed by atoms with Crippen molar-refractivity contribution in [3.05, 3.63) is 90.8 Å². The zero-order valence-electron chi connectivity index (χ0n) is 13.9. The minimum atomic E-state index is 0.660. The van der Waals surface area contributed by atoms with Crippen LogP contribution in [0.2, 0.25) is 0 Å². The van der Waals surface area contributed by atoms with E-state index in [1.165, 1.54) is 0 Å². The molecule has 4 rings (SSSR count). The van der Waals surface area contributed by atoms with Crippen molar-refractivity contribution in [3.63, 3.8) is 0 Å². The molecule has 26 heavy (non-hydrogen) atoms. The standard InChI is InChI=1S/C22H15N3O/c26-15-16-7-9-17(10-8-16)18-11-13-24-22(14-18)21-6-3-5-20(25-21)19-4-1-2-12-23-19/h1-15H. The number of hydrogen-bond acceptors (Lipinski definition) is 4. The Morgan fingerprint density at radius 2 is 1.35 bits per heavy atom. The molecule has 0 aliphatic rings. The molecule has 0 spiro atoms. The molecule has 0 saturated carbocycles. The molecule has 0 aliphatic heterocycles. The van der Waals surface area contributed by atoms with Crippen molar-refractivity contribution in [3.8, 4) is 33.9 Å². The molecular weight excluding hydrogens is 322 g/mol. The first-order valence-corrected chi connectivity index (χ1v) is 8.24. The Balaban J connectivity index is 1.71. The van der Waals surface area contributed by atoms with Crippen molar-refractivity contribution >= 4 is 6.29 Å². The van der Waals surface area contributed by atoms with Crippen molar-refractivity contribution < 1.29 is 4.79 Å². The predicted octanol–water partition coefficient (Wildman–Crippen LogP) is 4.69. The van der Waals surface area contributed by atoms with Crippen LogP contribution in [0.15, 0.2) is 85.2 Å². The van der Waals surface area contributed by atoms with Crippen LogP contribution in [0.3, 0.4) is 0 Å². The van der Waals surface area contributed by atoms with Gasteiger partial charge in [0.15, 0.2) is 0 Å². The number of nitrogens with zero attached hydrogens (tertiary/aromatic N) is 3. The fraction of sp³-hybridized carbons (Fsp3) is 0. The van der Waals surface area contributed by atoms with Gasteiger partial charge in [0.2, 0.25) is 0 Å². The first-order valence-electron chi connectivity index (χ1n) is 8.24. The van der Waals surface area contributed by atoms with Gasteiger partial charge in [0, 0.05) is 18.0 Å². The molecule has 4 aromatic rings. The Morgan fingerprint density at radius 1 is 0.615 bits per heavy atom. The average molecular weight is 337 g/mol. The molecule has 0 saturated heterocycles. The van der Waals surface area contributed by atoms with Crippen LogP contribution in [0.25, 0.3) is 33.9 Å². The number of hydrogen-bond donors (Lipinski definition) is 0. The Hall–Kier alpha value is -3.66. The minimum absolute atomic E-state index is 0.660. The predicted molar refractivity (Wildman–Crippen MR) is 102 cm³/mol. The van der Waals surface area contributed by atoms with E-state index in [0.717, 1.165) is 40.2 Å². The number of aromatic nitrogens is 3. The topological polar surface area (TPSA) is 55.7 Å². The first kappa shape index (κ1) is 15.8. The molecular formula is C22H15N3O. The molecule has 124 valence electrons. The molecule has 3 aromatic heterocycles. The van der Waals surface area contributed by atoms with E-state index in [4.69, 9.17) is 4.98 Å². The van der Waals surface area contributed by atoms with E-state index in [9.17, 15) is 4.79 Å². The molecule has 4 nitrogen and oxygen atoms in total. The van der Waals surface area contributed by atoms with Crippen LogP contribution >= 0.6 is 0 Å². The maximum Gasteiger partial charge on any atom is 0.150 e. The van der Waals surface area contributed by atoms with Gasteiger partial charge in [-0.15, -0.1) is 0 Å². The van der Waals surface area contributed by atoms with Crippen molar-refractivity contribution in [1.82, 2.24) is 15.0 Å². The van der Waals surface area contributed by atoms with Gasteiger partial charge in [0.25, 0.3) is 0 Å². The molecule has 0 aliphatic carbocycles. The van der Waals surface area contributed by atoms with Gasteiger partial charge >= 0.3 is 0 Å². The quantitative estimate of drug-likeness (QED) is 0.507. The fourth-order valence-electron chi connectivity index (χ4n) is 2.74. The SMILES string of the molecule is O=Cc1ccc(-c2ccnc(-c3cccc(-c4ccccn4)n3)c2)cc1. The third-order valence-electron chi connectivity index (χ3n) is 4.08. The van der Waals surface area contributed by atoms with Crippen molar-refractivity contribution in [2.45, 2.75) is 0 Å². The number of pyridine rings is 3. The molecule has 3 heterocycles. The lowest BCUT2D eigenvalue weighted by molar-refractivity contribution is 0.112. The number of carbonyl (C=O) groups excluding carboxylic acids is 1. The Kier molecular flexibility index (Phi) is 4.31. The molecule has 0 N–H and O–H groups in total. The summed E-state index contributed by atoms with van der Waals surface area (Å²) in [5.41, 5.74) is 5.94. The van der Waals surface area contributed by atoms with Crippen LogP contribution in [-0.2, 0) is 0 Å². The lowest BCUT2D eigenvalue weighted by Gasteiger charge is -2.07. The van der Waals surface area contributed by atoms with Crippen molar-refractivity contribution in [2.75, 3.05) is 0 Å². The zero-order chi connectivity index (χ0) is 17.8. The van der Waals surface area contributed by atoms with E-state index in [1.807, 2.05) is 72.8 Å². The monoisotopic (exact) mass is 337 g/mol. The summed E-state index contributed by atoms with van der Waals surface area (Å²) in [6.45, 7) is 0. The van der Waals surface area contributed by atoms with Crippen LogP contribution in [0.1, 0.15) is 10.4 Å². The second-order valence-electron chi connectivity index (χ2n) is 5.79. The van der Waals surface area contributed by atoms with Crippen molar-refractivity contribution in [2.24, 2.45) is 0 Å². The van der Waals surface area contributed by atoms with Gasteiger partial charge in [-0.2, -0.15) is 0 Å². The number of aldehydes is 1. The molecule has 0 bridgehead atoms.